The molecule has 8 heterocycles. The Morgan fingerprint density at radius 3 is 1.77 bits per heavy atom. The molecule has 270 valence electrons. The topological polar surface area (TPSA) is 113 Å². The second kappa shape index (κ2) is 11.4. The summed E-state index contributed by atoms with van der Waals surface area (Å²) in [6.07, 6.45) is 6.05. The lowest BCUT2D eigenvalue weighted by Crippen LogP contribution is -2.71. The van der Waals surface area contributed by atoms with Crippen molar-refractivity contribution in [2.75, 3.05) is 0 Å². The van der Waals surface area contributed by atoms with Crippen LogP contribution in [0.5, 0.6) is 0 Å². The zero-order valence-corrected chi connectivity index (χ0v) is 30.3. The molecule has 11 heteroatoms. The van der Waals surface area contributed by atoms with Gasteiger partial charge < -0.3 is 23.8 Å². The second-order valence-corrected chi connectivity index (χ2v) is 18.2. The summed E-state index contributed by atoms with van der Waals surface area (Å²) in [6, 6.07) is 0. The number of carbonyl (C=O) groups excluding carboxylic acids is 1. The number of rotatable bonds is 4. The highest BCUT2D eigenvalue weighted by Crippen LogP contribution is 2.63. The molecule has 2 aliphatic carbocycles. The molecule has 4 bridgehead atoms. The maximum atomic E-state index is 13.1. The first-order valence-corrected chi connectivity index (χ1v) is 18.8. The number of fused-ring (bicyclic) bond motifs is 4. The Labute approximate surface area is 285 Å². The van der Waals surface area contributed by atoms with Crippen LogP contribution in [0.3, 0.4) is 0 Å². The molecular formula is C37H57NO10. The Morgan fingerprint density at radius 2 is 1.23 bits per heavy atom. The van der Waals surface area contributed by atoms with Gasteiger partial charge in [0, 0.05) is 31.1 Å². The maximum Gasteiger partial charge on any atom is 0.340 e. The summed E-state index contributed by atoms with van der Waals surface area (Å²) >= 11 is 0. The normalized spacial score (nSPS) is 54.5. The highest BCUT2D eigenvalue weighted by molar-refractivity contribution is 5.90. The van der Waals surface area contributed by atoms with Crippen LogP contribution in [0.4, 0.5) is 0 Å². The molecule has 2 spiro atoms. The minimum atomic E-state index is -0.892. The molecule has 48 heavy (non-hydrogen) atoms. The van der Waals surface area contributed by atoms with Gasteiger partial charge in [-0.2, -0.15) is 0 Å². The minimum absolute atomic E-state index is 0.0102. The van der Waals surface area contributed by atoms with Crippen LogP contribution in [0.2, 0.25) is 0 Å². The lowest BCUT2D eigenvalue weighted by molar-refractivity contribution is -0.571. The van der Waals surface area contributed by atoms with Crippen molar-refractivity contribution >= 4 is 11.7 Å². The lowest BCUT2D eigenvalue weighted by atomic mass is 9.56. The summed E-state index contributed by atoms with van der Waals surface area (Å²) in [5, 5.41) is 4.66. The summed E-state index contributed by atoms with van der Waals surface area (Å²) in [5.41, 5.74) is -1.43. The average Bonchev–Trinajstić information content (AvgIpc) is 3.40. The predicted molar refractivity (Wildman–Crippen MR) is 171 cm³/mol. The highest BCUT2D eigenvalue weighted by atomic mass is 17.3. The predicted octanol–water partition coefficient (Wildman–Crippen LogP) is 6.82. The van der Waals surface area contributed by atoms with E-state index < -0.39 is 52.8 Å². The third-order valence-electron chi connectivity index (χ3n) is 14.0. The summed E-state index contributed by atoms with van der Waals surface area (Å²) in [5.74, 6) is -0.327. The van der Waals surface area contributed by atoms with Crippen molar-refractivity contribution in [2.24, 2.45) is 57.9 Å². The van der Waals surface area contributed by atoms with Gasteiger partial charge in [0.2, 0.25) is 11.6 Å². The molecule has 0 aromatic carbocycles. The third-order valence-corrected chi connectivity index (χ3v) is 14.0. The van der Waals surface area contributed by atoms with Crippen LogP contribution >= 0.6 is 0 Å². The van der Waals surface area contributed by atoms with Gasteiger partial charge in [0.05, 0.1) is 17.2 Å². The van der Waals surface area contributed by atoms with E-state index >= 15 is 0 Å². The minimum Gasteiger partial charge on any atom is -0.345 e. The molecule has 0 N–H and O–H groups in total. The summed E-state index contributed by atoms with van der Waals surface area (Å²) < 4.78 is 27.4. The van der Waals surface area contributed by atoms with E-state index in [1.165, 1.54) is 0 Å². The molecule has 8 aliphatic heterocycles. The smallest absolute Gasteiger partial charge is 0.340 e. The SMILES string of the molecule is C[C@H]1[C@@H](/C(C[C@H]2O[C@@H]3O[C@]4(C)CC[C@H]5[C@H](C)CC[C@@H]([C@H]2C)[C@@]35OO4)=N\OC(=O)C(C)(C)C)O[C@@H]2O[C@]3(C)CC[C@H]4[C@H](C)CC[C@@H]1[C@@]24OO3. The molecule has 11 nitrogen and oxygen atoms in total. The number of hydrogen-bond acceptors (Lipinski definition) is 11. The van der Waals surface area contributed by atoms with Gasteiger partial charge in [-0.3, -0.25) is 0 Å². The van der Waals surface area contributed by atoms with Crippen LogP contribution in [-0.4, -0.2) is 59.2 Å². The Bertz CT molecular complexity index is 1320. The maximum absolute atomic E-state index is 13.1. The quantitative estimate of drug-likeness (QED) is 0.136. The lowest BCUT2D eigenvalue weighted by Gasteiger charge is -2.61. The van der Waals surface area contributed by atoms with Crippen molar-refractivity contribution < 1.29 is 48.1 Å². The van der Waals surface area contributed by atoms with E-state index in [1.54, 1.807) is 0 Å². The molecule has 0 radical (unpaired) electrons. The van der Waals surface area contributed by atoms with E-state index in [4.69, 9.17) is 43.3 Å². The molecule has 0 amide bonds. The van der Waals surface area contributed by atoms with Crippen molar-refractivity contribution in [2.45, 2.75) is 168 Å². The molecule has 0 aromatic heterocycles. The fraction of sp³-hybridized carbons (Fsp3) is 0.946. The Kier molecular flexibility index (Phi) is 8.07. The molecule has 10 aliphatic rings. The second-order valence-electron chi connectivity index (χ2n) is 18.2. The van der Waals surface area contributed by atoms with Crippen molar-refractivity contribution in [3.63, 3.8) is 0 Å². The standard InChI is InChI=1S/C37H57NO10/c1-19-10-12-25-21(3)28(40-31-36(25)23(19)14-16-34(8,42-31)45-47-36)18-27(38-44-30(39)33(5,6)7)29-22(4)26-13-11-20(2)24-15-17-35(9)43-32(41-29)37(24,26)48-46-35/h19-26,28-29,31-32H,10-18H2,1-9H3/b38-27-/t19-,20-,21-,22-,23+,24+,25+,26+,28-,29+,31-,32-,34+,35+,36-,37-/m1/s1. The first-order valence-electron chi connectivity index (χ1n) is 18.8. The Morgan fingerprint density at radius 1 is 0.708 bits per heavy atom. The highest BCUT2D eigenvalue weighted by Gasteiger charge is 2.71. The van der Waals surface area contributed by atoms with Crippen LogP contribution in [0.25, 0.3) is 0 Å². The summed E-state index contributed by atoms with van der Waals surface area (Å²) in [6.45, 7) is 18.5. The molecule has 10 rings (SSSR count). The van der Waals surface area contributed by atoms with Crippen molar-refractivity contribution in [1.82, 2.24) is 0 Å². The Balaban J connectivity index is 1.14. The van der Waals surface area contributed by atoms with Gasteiger partial charge in [-0.05, 0) is 109 Å². The van der Waals surface area contributed by atoms with Gasteiger partial charge in [0.15, 0.2) is 23.8 Å². The third kappa shape index (κ3) is 4.95. The van der Waals surface area contributed by atoms with Gasteiger partial charge in [-0.25, -0.2) is 24.3 Å². The molecule has 8 saturated heterocycles. The van der Waals surface area contributed by atoms with Gasteiger partial charge in [0.25, 0.3) is 0 Å². The van der Waals surface area contributed by atoms with Crippen LogP contribution in [-0.2, 0) is 48.1 Å². The number of nitrogens with zero attached hydrogens (tertiary/aromatic N) is 1. The monoisotopic (exact) mass is 675 g/mol. The van der Waals surface area contributed by atoms with Gasteiger partial charge in [-0.15, -0.1) is 0 Å². The fourth-order valence-electron chi connectivity index (χ4n) is 11.1. The zero-order valence-electron chi connectivity index (χ0n) is 30.3. The van der Waals surface area contributed by atoms with Crippen molar-refractivity contribution in [3.05, 3.63) is 0 Å². The molecule has 0 unspecified atom stereocenters. The number of hydrogen-bond donors (Lipinski definition) is 0. The first-order chi connectivity index (χ1) is 22.6. The molecule has 10 fully saturated rings. The molecular weight excluding hydrogens is 618 g/mol. The van der Waals surface area contributed by atoms with Crippen molar-refractivity contribution in [3.8, 4) is 0 Å². The molecule has 0 aromatic rings. The summed E-state index contributed by atoms with van der Waals surface area (Å²) in [7, 11) is 0. The molecule has 16 atom stereocenters. The number of oxime groups is 1. The first kappa shape index (κ1) is 33.9. The fourth-order valence-corrected chi connectivity index (χ4v) is 11.1. The summed E-state index contributed by atoms with van der Waals surface area (Å²) in [4.78, 5) is 43.8. The van der Waals surface area contributed by atoms with Gasteiger partial charge in [-0.1, -0.05) is 32.9 Å². The van der Waals surface area contributed by atoms with Crippen molar-refractivity contribution in [1.29, 1.82) is 0 Å². The Hall–Kier alpha value is -1.18. The average molecular weight is 676 g/mol. The van der Waals surface area contributed by atoms with E-state index in [-0.39, 0.29) is 41.6 Å². The van der Waals surface area contributed by atoms with Gasteiger partial charge in [0.1, 0.15) is 6.10 Å². The van der Waals surface area contributed by atoms with Crippen LogP contribution in [0.15, 0.2) is 5.16 Å². The van der Waals surface area contributed by atoms with E-state index in [9.17, 15) is 4.79 Å². The van der Waals surface area contributed by atoms with E-state index in [0.717, 1.165) is 51.4 Å². The van der Waals surface area contributed by atoms with E-state index in [2.05, 4.69) is 32.9 Å². The van der Waals surface area contributed by atoms with E-state index in [0.29, 0.717) is 24.0 Å². The van der Waals surface area contributed by atoms with Crippen LogP contribution in [0, 0.1) is 52.8 Å². The number of carbonyl (C=O) groups is 1. The van der Waals surface area contributed by atoms with Crippen LogP contribution < -0.4 is 0 Å². The van der Waals surface area contributed by atoms with Gasteiger partial charge >= 0.3 is 5.97 Å². The van der Waals surface area contributed by atoms with E-state index in [1.807, 2.05) is 34.6 Å². The van der Waals surface area contributed by atoms with Crippen LogP contribution in [0.1, 0.15) is 120 Å². The number of ether oxygens (including phenoxy) is 4. The largest absolute Gasteiger partial charge is 0.345 e. The molecule has 2 saturated carbocycles. The zero-order chi connectivity index (χ0) is 34.0.